The summed E-state index contributed by atoms with van der Waals surface area (Å²) in [5.74, 6) is -0.310. The van der Waals surface area contributed by atoms with Gasteiger partial charge < -0.3 is 19.5 Å². The van der Waals surface area contributed by atoms with Crippen molar-refractivity contribution in [1.29, 1.82) is 0 Å². The van der Waals surface area contributed by atoms with E-state index in [1.165, 1.54) is 25.8 Å². The highest BCUT2D eigenvalue weighted by Crippen LogP contribution is 2.30. The van der Waals surface area contributed by atoms with Gasteiger partial charge in [0.15, 0.2) is 24.0 Å². The zero-order chi connectivity index (χ0) is 22.7. The highest BCUT2D eigenvalue weighted by molar-refractivity contribution is 6.17. The fraction of sp³-hybridized carbons (Fsp3) is 0.381. The highest BCUT2D eigenvalue weighted by Gasteiger charge is 2.50. The Bertz CT molecular complexity index is 1030. The van der Waals surface area contributed by atoms with Crippen LogP contribution in [0.3, 0.4) is 0 Å². The van der Waals surface area contributed by atoms with Crippen LogP contribution in [0.4, 0.5) is 10.5 Å². The number of carbonyl (C=O) groups excluding carboxylic acids is 3. The van der Waals surface area contributed by atoms with E-state index in [4.69, 9.17) is 14.2 Å². The Morgan fingerprint density at radius 2 is 1.94 bits per heavy atom. The summed E-state index contributed by atoms with van der Waals surface area (Å²) in [6.45, 7) is 3.49. The number of allylic oxidation sites excluding steroid dienone is 1. The molecule has 10 heteroatoms. The number of benzene rings is 1. The van der Waals surface area contributed by atoms with E-state index in [1.807, 2.05) is 6.92 Å². The van der Waals surface area contributed by atoms with Crippen molar-refractivity contribution in [2.75, 3.05) is 39.7 Å². The first-order valence-corrected chi connectivity index (χ1v) is 9.67. The Kier molecular flexibility index (Phi) is 6.38. The Balaban J connectivity index is 1.83. The largest absolute Gasteiger partial charge is 0.496 e. The molecule has 164 valence electrons. The van der Waals surface area contributed by atoms with Crippen molar-refractivity contribution in [2.24, 2.45) is 10.9 Å². The summed E-state index contributed by atoms with van der Waals surface area (Å²) in [6, 6.07) is 4.23. The maximum atomic E-state index is 13.2. The Hall–Kier alpha value is -3.69. The number of hydrogen-bond acceptors (Lipinski definition) is 7. The SMILES string of the molecule is CCOC1=C(C)C=NC2=[N+](C)C(=O)N(CC(=O)Nc3ccc(OC)c(OC)c3)C(=O)C12. The molecule has 0 saturated carbocycles. The van der Waals surface area contributed by atoms with Crippen LogP contribution in [-0.2, 0) is 14.3 Å². The summed E-state index contributed by atoms with van der Waals surface area (Å²) in [4.78, 5) is 43.7. The lowest BCUT2D eigenvalue weighted by atomic mass is 9.96. The van der Waals surface area contributed by atoms with Crippen LogP contribution in [0.25, 0.3) is 0 Å². The predicted octanol–water partition coefficient (Wildman–Crippen LogP) is 1.66. The smallest absolute Gasteiger partial charge is 0.446 e. The number of nitrogens with one attached hydrogen (secondary N) is 1. The molecular formula is C21H25N4O6+. The fourth-order valence-corrected chi connectivity index (χ4v) is 3.43. The van der Waals surface area contributed by atoms with Gasteiger partial charge in [-0.15, -0.1) is 4.99 Å². The molecule has 10 nitrogen and oxygen atoms in total. The molecule has 1 aromatic carbocycles. The first kappa shape index (κ1) is 22.0. The van der Waals surface area contributed by atoms with E-state index in [1.54, 1.807) is 31.3 Å². The minimum absolute atomic E-state index is 0.278. The molecule has 0 radical (unpaired) electrons. The second-order valence-electron chi connectivity index (χ2n) is 6.91. The van der Waals surface area contributed by atoms with Crippen LogP contribution in [0.1, 0.15) is 13.8 Å². The summed E-state index contributed by atoms with van der Waals surface area (Å²) in [5.41, 5.74) is 1.13. The van der Waals surface area contributed by atoms with Crippen LogP contribution < -0.4 is 14.8 Å². The van der Waals surface area contributed by atoms with Crippen LogP contribution in [0.5, 0.6) is 11.5 Å². The monoisotopic (exact) mass is 429 g/mol. The van der Waals surface area contributed by atoms with Crippen LogP contribution in [0, 0.1) is 5.92 Å². The van der Waals surface area contributed by atoms with E-state index in [-0.39, 0.29) is 5.84 Å². The highest BCUT2D eigenvalue weighted by atomic mass is 16.5. The number of methoxy groups -OCH3 is 2. The summed E-state index contributed by atoms with van der Waals surface area (Å²) in [5, 5.41) is 2.67. The van der Waals surface area contributed by atoms with Gasteiger partial charge in [-0.05, 0) is 26.0 Å². The summed E-state index contributed by atoms with van der Waals surface area (Å²) in [7, 11) is 4.50. The normalized spacial score (nSPS) is 18.2. The number of fused-ring (bicyclic) bond motifs is 1. The number of aliphatic imine (C=N–C) groups is 1. The topological polar surface area (TPSA) is 110 Å². The number of urea groups is 1. The zero-order valence-electron chi connectivity index (χ0n) is 18.1. The van der Waals surface area contributed by atoms with Crippen molar-refractivity contribution < 1.29 is 33.2 Å². The second-order valence-corrected chi connectivity index (χ2v) is 6.91. The van der Waals surface area contributed by atoms with Crippen LogP contribution in [-0.4, -0.2) is 73.8 Å². The molecule has 1 unspecified atom stereocenters. The number of amidine groups is 1. The van der Waals surface area contributed by atoms with Crippen LogP contribution in [0.15, 0.2) is 34.5 Å². The van der Waals surface area contributed by atoms with Gasteiger partial charge in [0.1, 0.15) is 12.0 Å². The number of ether oxygens (including phenoxy) is 3. The maximum absolute atomic E-state index is 13.2. The average molecular weight is 429 g/mol. The minimum atomic E-state index is -0.874. The molecule has 0 saturated heterocycles. The number of amides is 4. The lowest BCUT2D eigenvalue weighted by Crippen LogP contribution is -2.56. The van der Waals surface area contributed by atoms with Crippen molar-refractivity contribution in [3.63, 3.8) is 0 Å². The zero-order valence-corrected chi connectivity index (χ0v) is 18.1. The van der Waals surface area contributed by atoms with Crippen molar-refractivity contribution >= 4 is 35.6 Å². The van der Waals surface area contributed by atoms with Crippen molar-refractivity contribution in [1.82, 2.24) is 4.90 Å². The molecule has 0 spiro atoms. The summed E-state index contributed by atoms with van der Waals surface area (Å²) in [6.07, 6.45) is 1.56. The van der Waals surface area contributed by atoms with Crippen LogP contribution in [0.2, 0.25) is 0 Å². The summed E-state index contributed by atoms with van der Waals surface area (Å²) < 4.78 is 17.3. The number of hydrogen-bond donors (Lipinski definition) is 1. The first-order chi connectivity index (χ1) is 14.8. The molecule has 2 aliphatic rings. The van der Waals surface area contributed by atoms with Gasteiger partial charge >= 0.3 is 11.9 Å². The van der Waals surface area contributed by atoms with Gasteiger partial charge in [-0.25, -0.2) is 4.79 Å². The Morgan fingerprint density at radius 3 is 2.58 bits per heavy atom. The molecule has 0 bridgehead atoms. The van der Waals surface area contributed by atoms with E-state index < -0.39 is 30.3 Å². The second kappa shape index (κ2) is 8.99. The fourth-order valence-electron chi connectivity index (χ4n) is 3.43. The van der Waals surface area contributed by atoms with E-state index in [0.29, 0.717) is 35.1 Å². The van der Waals surface area contributed by atoms with E-state index in [2.05, 4.69) is 10.3 Å². The Labute approximate surface area is 179 Å². The quantitative estimate of drug-likeness (QED) is 0.660. The summed E-state index contributed by atoms with van der Waals surface area (Å²) >= 11 is 0. The number of dihydropyridines is 1. The minimum Gasteiger partial charge on any atom is -0.496 e. The standard InChI is InChI=1S/C21H24N4O6/c1-6-31-18-12(2)10-22-19-17(18)20(27)25(21(28)24(19)3)11-16(26)23-13-7-8-14(29-4)15(9-13)30-5/h7-10,17H,6,11H2,1-5H3/p+1. The molecule has 31 heavy (non-hydrogen) atoms. The molecule has 1 atom stereocenters. The molecule has 0 aliphatic carbocycles. The number of rotatable bonds is 7. The van der Waals surface area contributed by atoms with Gasteiger partial charge in [-0.2, -0.15) is 9.48 Å². The van der Waals surface area contributed by atoms with Crippen molar-refractivity contribution in [3.8, 4) is 11.5 Å². The van der Waals surface area contributed by atoms with E-state index in [0.717, 1.165) is 4.90 Å². The van der Waals surface area contributed by atoms with Gasteiger partial charge in [-0.1, -0.05) is 0 Å². The van der Waals surface area contributed by atoms with E-state index in [9.17, 15) is 14.4 Å². The Morgan fingerprint density at radius 1 is 1.23 bits per heavy atom. The van der Waals surface area contributed by atoms with Gasteiger partial charge in [0.05, 0.1) is 27.9 Å². The van der Waals surface area contributed by atoms with Gasteiger partial charge in [0.2, 0.25) is 0 Å². The number of carbonyl (C=O) groups is 3. The number of nitrogens with zero attached hydrogens (tertiary/aromatic N) is 3. The molecule has 4 amide bonds. The van der Waals surface area contributed by atoms with Crippen LogP contribution >= 0.6 is 0 Å². The first-order valence-electron chi connectivity index (χ1n) is 9.67. The molecule has 0 aromatic heterocycles. The lowest BCUT2D eigenvalue weighted by molar-refractivity contribution is -0.408. The molecular weight excluding hydrogens is 404 g/mol. The van der Waals surface area contributed by atoms with Crippen molar-refractivity contribution in [2.45, 2.75) is 13.8 Å². The molecule has 1 N–H and O–H groups in total. The van der Waals surface area contributed by atoms with Gasteiger partial charge in [0.25, 0.3) is 11.7 Å². The number of imide groups is 1. The van der Waals surface area contributed by atoms with Crippen molar-refractivity contribution in [3.05, 3.63) is 29.5 Å². The molecule has 3 rings (SSSR count). The third kappa shape index (κ3) is 4.14. The van der Waals surface area contributed by atoms with Gasteiger partial charge in [-0.3, -0.25) is 9.59 Å². The lowest BCUT2D eigenvalue weighted by Gasteiger charge is -2.29. The van der Waals surface area contributed by atoms with Gasteiger partial charge in [0, 0.05) is 17.3 Å². The maximum Gasteiger partial charge on any atom is 0.446 e. The predicted molar refractivity (Wildman–Crippen MR) is 113 cm³/mol. The molecule has 2 aliphatic heterocycles. The van der Waals surface area contributed by atoms with E-state index >= 15 is 0 Å². The third-order valence-electron chi connectivity index (χ3n) is 4.94. The average Bonchev–Trinajstić information content (AvgIpc) is 2.76. The molecule has 1 aromatic rings. The molecule has 0 fully saturated rings. The third-order valence-corrected chi connectivity index (χ3v) is 4.94. The molecule has 2 heterocycles. The number of anilines is 1.